The maximum absolute atomic E-state index is 14.3. The number of nitrogens with one attached hydrogen (secondary N) is 2. The van der Waals surface area contributed by atoms with Gasteiger partial charge in [0.25, 0.3) is 5.56 Å². The van der Waals surface area contributed by atoms with Crippen LogP contribution in [0.4, 0.5) is 11.8 Å². The Morgan fingerprint density at radius 1 is 1.03 bits per heavy atom. The summed E-state index contributed by atoms with van der Waals surface area (Å²) in [6.07, 6.45) is 5.00. The van der Waals surface area contributed by atoms with Crippen LogP contribution in [0.25, 0.3) is 38.6 Å². The Bertz CT molecular complexity index is 1920. The summed E-state index contributed by atoms with van der Waals surface area (Å²) in [5.41, 5.74) is 9.75. The number of hydrogen-bond acceptors (Lipinski definition) is 7. The van der Waals surface area contributed by atoms with Gasteiger partial charge in [0.15, 0.2) is 0 Å². The number of hydrogen-bond donors (Lipinski definition) is 3. The molecule has 184 valence electrons. The Kier molecular flexibility index (Phi) is 5.55. The molecular formula is C29H22N8O. The summed E-state index contributed by atoms with van der Waals surface area (Å²) in [5, 5.41) is 15.1. The molecule has 1 atom stereocenters. The molecule has 0 spiro atoms. The van der Waals surface area contributed by atoms with Crippen molar-refractivity contribution in [2.24, 2.45) is 0 Å². The normalized spacial score (nSPS) is 11.9. The highest BCUT2D eigenvalue weighted by atomic mass is 16.1. The number of nitriles is 1. The zero-order valence-corrected chi connectivity index (χ0v) is 20.4. The highest BCUT2D eigenvalue weighted by Crippen LogP contribution is 2.31. The molecule has 38 heavy (non-hydrogen) atoms. The van der Waals surface area contributed by atoms with Crippen molar-refractivity contribution in [2.75, 3.05) is 11.1 Å². The number of nitrogen functional groups attached to an aromatic ring is 1. The van der Waals surface area contributed by atoms with Gasteiger partial charge in [-0.15, -0.1) is 0 Å². The average molecular weight is 499 g/mol. The number of H-pyrrole nitrogens is 1. The molecule has 0 aliphatic carbocycles. The van der Waals surface area contributed by atoms with Crippen LogP contribution in [0.1, 0.15) is 24.2 Å². The number of para-hydroxylation sites is 1. The molecule has 6 aromatic rings. The zero-order valence-electron chi connectivity index (χ0n) is 20.4. The number of rotatable bonds is 5. The summed E-state index contributed by atoms with van der Waals surface area (Å²) >= 11 is 0. The topological polar surface area (TPSA) is 138 Å². The Hall–Kier alpha value is -5.49. The summed E-state index contributed by atoms with van der Waals surface area (Å²) in [6.45, 7) is 1.91. The van der Waals surface area contributed by atoms with Crippen LogP contribution in [0.5, 0.6) is 0 Å². The van der Waals surface area contributed by atoms with Gasteiger partial charge in [-0.05, 0) is 48.2 Å². The van der Waals surface area contributed by atoms with Gasteiger partial charge in [0.1, 0.15) is 23.1 Å². The van der Waals surface area contributed by atoms with Gasteiger partial charge in [-0.1, -0.05) is 36.4 Å². The van der Waals surface area contributed by atoms with Crippen LogP contribution >= 0.6 is 0 Å². The van der Waals surface area contributed by atoms with E-state index >= 15 is 0 Å². The SMILES string of the molecule is CC(Nc1nc(N)ncc1C#N)c1cc2cccc(-c3cnc4[nH]ccc4c3)c2c(=O)n1-c1ccccc1. The first-order chi connectivity index (χ1) is 18.5. The molecule has 9 nitrogen and oxygen atoms in total. The van der Waals surface area contributed by atoms with E-state index in [9.17, 15) is 10.1 Å². The van der Waals surface area contributed by atoms with Gasteiger partial charge in [0.05, 0.1) is 17.6 Å². The van der Waals surface area contributed by atoms with Gasteiger partial charge >= 0.3 is 0 Å². The Labute approximate surface area is 217 Å². The van der Waals surface area contributed by atoms with E-state index < -0.39 is 6.04 Å². The zero-order chi connectivity index (χ0) is 26.2. The van der Waals surface area contributed by atoms with Crippen molar-refractivity contribution in [3.8, 4) is 22.9 Å². The van der Waals surface area contributed by atoms with Crippen LogP contribution in [0.15, 0.2) is 90.1 Å². The first-order valence-corrected chi connectivity index (χ1v) is 12.0. The summed E-state index contributed by atoms with van der Waals surface area (Å²) in [4.78, 5) is 30.1. The number of pyridine rings is 2. The van der Waals surface area contributed by atoms with Crippen LogP contribution in [0.3, 0.4) is 0 Å². The van der Waals surface area contributed by atoms with Crippen molar-refractivity contribution in [2.45, 2.75) is 13.0 Å². The molecule has 0 aliphatic rings. The molecule has 2 aromatic carbocycles. The quantitative estimate of drug-likeness (QED) is 0.306. The molecule has 9 heteroatoms. The molecule has 4 N–H and O–H groups in total. The molecule has 0 fully saturated rings. The van der Waals surface area contributed by atoms with Crippen LogP contribution in [-0.4, -0.2) is 24.5 Å². The predicted molar refractivity (Wildman–Crippen MR) is 148 cm³/mol. The number of benzene rings is 2. The van der Waals surface area contributed by atoms with Crippen LogP contribution < -0.4 is 16.6 Å². The highest BCUT2D eigenvalue weighted by molar-refractivity contribution is 5.98. The second-order valence-corrected chi connectivity index (χ2v) is 8.92. The van der Waals surface area contributed by atoms with Gasteiger partial charge in [0, 0.05) is 34.7 Å². The molecule has 4 aromatic heterocycles. The molecule has 6 rings (SSSR count). The fourth-order valence-corrected chi connectivity index (χ4v) is 4.74. The maximum atomic E-state index is 14.3. The summed E-state index contributed by atoms with van der Waals surface area (Å²) < 4.78 is 1.70. The monoisotopic (exact) mass is 498 g/mol. The van der Waals surface area contributed by atoms with E-state index in [0.717, 1.165) is 33.2 Å². The third-order valence-electron chi connectivity index (χ3n) is 6.53. The lowest BCUT2D eigenvalue weighted by Crippen LogP contribution is -2.26. The van der Waals surface area contributed by atoms with Crippen molar-refractivity contribution in [3.63, 3.8) is 0 Å². The lowest BCUT2D eigenvalue weighted by atomic mass is 9.98. The van der Waals surface area contributed by atoms with Crippen molar-refractivity contribution < 1.29 is 0 Å². The standard InChI is InChI=1S/C29H22N8O/c1-17(35-27-21(14-30)16-34-29(31)36-27)24-13-18-6-5-9-23(20-12-19-10-11-32-26(19)33-15-20)25(18)28(38)37(24)22-7-3-2-4-8-22/h2-13,15-17H,1H3,(H,32,33)(H3,31,34,35,36). The van der Waals surface area contributed by atoms with Gasteiger partial charge in [-0.2, -0.15) is 10.2 Å². The smallest absolute Gasteiger partial charge is 0.263 e. The molecule has 0 amide bonds. The minimum Gasteiger partial charge on any atom is -0.368 e. The summed E-state index contributed by atoms with van der Waals surface area (Å²) in [7, 11) is 0. The lowest BCUT2D eigenvalue weighted by molar-refractivity contribution is 0.772. The van der Waals surface area contributed by atoms with E-state index in [0.29, 0.717) is 16.9 Å². The number of anilines is 2. The van der Waals surface area contributed by atoms with Crippen molar-refractivity contribution >= 4 is 33.6 Å². The van der Waals surface area contributed by atoms with E-state index in [1.807, 2.05) is 79.9 Å². The Balaban J connectivity index is 1.58. The molecule has 0 saturated carbocycles. The van der Waals surface area contributed by atoms with E-state index in [4.69, 9.17) is 5.73 Å². The van der Waals surface area contributed by atoms with Gasteiger partial charge < -0.3 is 16.0 Å². The predicted octanol–water partition coefficient (Wildman–Crippen LogP) is 4.95. The number of nitrogens with zero attached hydrogens (tertiary/aromatic N) is 5. The van der Waals surface area contributed by atoms with Crippen LogP contribution in [0, 0.1) is 11.3 Å². The van der Waals surface area contributed by atoms with E-state index in [1.54, 1.807) is 10.8 Å². The number of fused-ring (bicyclic) bond motifs is 2. The maximum Gasteiger partial charge on any atom is 0.263 e. The lowest BCUT2D eigenvalue weighted by Gasteiger charge is -2.22. The fourth-order valence-electron chi connectivity index (χ4n) is 4.74. The summed E-state index contributed by atoms with van der Waals surface area (Å²) in [5.74, 6) is 0.356. The van der Waals surface area contributed by atoms with Crippen LogP contribution in [0.2, 0.25) is 0 Å². The van der Waals surface area contributed by atoms with Crippen molar-refractivity contribution in [1.82, 2.24) is 24.5 Å². The van der Waals surface area contributed by atoms with Gasteiger partial charge in [-0.25, -0.2) is 9.97 Å². The molecule has 0 radical (unpaired) electrons. The third-order valence-corrected chi connectivity index (χ3v) is 6.53. The second kappa shape index (κ2) is 9.19. The minimum atomic E-state index is -0.407. The highest BCUT2D eigenvalue weighted by Gasteiger charge is 2.20. The molecule has 4 heterocycles. The number of aromatic nitrogens is 5. The van der Waals surface area contributed by atoms with Gasteiger partial charge in [-0.3, -0.25) is 9.36 Å². The number of aromatic amines is 1. The minimum absolute atomic E-state index is 0.0512. The Morgan fingerprint density at radius 2 is 1.87 bits per heavy atom. The fraction of sp³-hybridized carbons (Fsp3) is 0.0690. The van der Waals surface area contributed by atoms with Crippen LogP contribution in [-0.2, 0) is 0 Å². The molecule has 0 saturated heterocycles. The molecule has 1 unspecified atom stereocenters. The first-order valence-electron chi connectivity index (χ1n) is 12.0. The Morgan fingerprint density at radius 3 is 2.68 bits per heavy atom. The van der Waals surface area contributed by atoms with Crippen molar-refractivity contribution in [1.29, 1.82) is 5.26 Å². The van der Waals surface area contributed by atoms with E-state index in [1.165, 1.54) is 6.20 Å². The average Bonchev–Trinajstić information content (AvgIpc) is 3.41. The molecule has 0 bridgehead atoms. The van der Waals surface area contributed by atoms with E-state index in [2.05, 4.69) is 31.3 Å². The number of nitrogens with two attached hydrogens (primary N) is 1. The van der Waals surface area contributed by atoms with Gasteiger partial charge in [0.2, 0.25) is 5.95 Å². The van der Waals surface area contributed by atoms with Crippen molar-refractivity contribution in [3.05, 3.63) is 107 Å². The largest absolute Gasteiger partial charge is 0.368 e. The first kappa shape index (κ1) is 22.9. The molecule has 0 aliphatic heterocycles. The molecular weight excluding hydrogens is 476 g/mol. The van der Waals surface area contributed by atoms with E-state index in [-0.39, 0.29) is 17.1 Å². The summed E-state index contributed by atoms with van der Waals surface area (Å²) in [6, 6.07) is 22.9. The second-order valence-electron chi connectivity index (χ2n) is 8.92. The third kappa shape index (κ3) is 3.90.